The summed E-state index contributed by atoms with van der Waals surface area (Å²) in [5.74, 6) is -0.972. The Morgan fingerprint density at radius 2 is 1.91 bits per heavy atom. The number of para-hydroxylation sites is 1. The van der Waals surface area contributed by atoms with E-state index in [9.17, 15) is 14.7 Å². The van der Waals surface area contributed by atoms with Crippen molar-refractivity contribution in [2.45, 2.75) is 19.5 Å². The molecule has 0 saturated carbocycles. The highest BCUT2D eigenvalue weighted by atomic mass is 35.5. The van der Waals surface area contributed by atoms with Crippen LogP contribution < -0.4 is 9.47 Å². The molecule has 1 N–H and O–H groups in total. The van der Waals surface area contributed by atoms with Crippen LogP contribution in [0, 0.1) is 0 Å². The number of hydrogen-bond donors (Lipinski definition) is 1. The Bertz CT molecular complexity index is 1260. The van der Waals surface area contributed by atoms with Gasteiger partial charge in [0.15, 0.2) is 0 Å². The van der Waals surface area contributed by atoms with Crippen molar-refractivity contribution in [3.8, 4) is 11.5 Å². The van der Waals surface area contributed by atoms with Crippen LogP contribution in [-0.2, 0) is 16.1 Å². The highest BCUT2D eigenvalue weighted by molar-refractivity contribution is 6.46. The molecule has 2 aromatic carbocycles. The van der Waals surface area contributed by atoms with Crippen LogP contribution in [0.5, 0.6) is 11.5 Å². The van der Waals surface area contributed by atoms with Crippen LogP contribution in [0.25, 0.3) is 5.76 Å². The normalized spacial score (nSPS) is 17.1. The molecule has 0 bridgehead atoms. The number of aromatic nitrogens is 1. The summed E-state index contributed by atoms with van der Waals surface area (Å²) in [4.78, 5) is 32.0. The van der Waals surface area contributed by atoms with E-state index >= 15 is 0 Å². The van der Waals surface area contributed by atoms with Crippen LogP contribution in [0.2, 0.25) is 5.02 Å². The third-order valence-electron chi connectivity index (χ3n) is 5.55. The Labute approximate surface area is 202 Å². The van der Waals surface area contributed by atoms with E-state index in [1.54, 1.807) is 60.9 Å². The quantitative estimate of drug-likeness (QED) is 0.299. The molecule has 2 heterocycles. The fourth-order valence-electron chi connectivity index (χ4n) is 4.02. The number of amides is 1. The van der Waals surface area contributed by atoms with E-state index in [0.717, 1.165) is 5.56 Å². The van der Waals surface area contributed by atoms with Crippen molar-refractivity contribution in [1.29, 1.82) is 0 Å². The fourth-order valence-corrected chi connectivity index (χ4v) is 4.19. The molecule has 1 saturated heterocycles. The zero-order valence-corrected chi connectivity index (χ0v) is 19.5. The number of pyridine rings is 1. The van der Waals surface area contributed by atoms with Gasteiger partial charge in [-0.3, -0.25) is 14.6 Å². The van der Waals surface area contributed by atoms with Gasteiger partial charge >= 0.3 is 0 Å². The monoisotopic (exact) mass is 478 g/mol. The Morgan fingerprint density at radius 1 is 1.12 bits per heavy atom. The minimum absolute atomic E-state index is 0.0387. The molecule has 1 unspecified atom stereocenters. The Morgan fingerprint density at radius 3 is 2.62 bits per heavy atom. The predicted molar refractivity (Wildman–Crippen MR) is 128 cm³/mol. The van der Waals surface area contributed by atoms with E-state index in [2.05, 4.69) is 4.98 Å². The lowest BCUT2D eigenvalue weighted by Crippen LogP contribution is -2.29. The van der Waals surface area contributed by atoms with Gasteiger partial charge in [-0.15, -0.1) is 0 Å². The summed E-state index contributed by atoms with van der Waals surface area (Å²) in [5, 5.41) is 11.7. The predicted octanol–water partition coefficient (Wildman–Crippen LogP) is 4.76. The maximum Gasteiger partial charge on any atom is 0.295 e. The molecule has 1 aromatic heterocycles. The van der Waals surface area contributed by atoms with E-state index < -0.39 is 17.7 Å². The second kappa shape index (κ2) is 9.97. The molecule has 7 nitrogen and oxygen atoms in total. The van der Waals surface area contributed by atoms with Crippen LogP contribution in [0.1, 0.15) is 29.7 Å². The van der Waals surface area contributed by atoms with Crippen molar-refractivity contribution in [3.05, 3.63) is 94.3 Å². The summed E-state index contributed by atoms with van der Waals surface area (Å²) in [5.41, 5.74) is 1.60. The number of ether oxygens (including phenoxy) is 2. The molecule has 1 fully saturated rings. The van der Waals surface area contributed by atoms with Crippen LogP contribution in [0.4, 0.5) is 0 Å². The molecule has 1 aliphatic rings. The Balaban J connectivity index is 1.90. The highest BCUT2D eigenvalue weighted by Gasteiger charge is 2.47. The average Bonchev–Trinajstić information content (AvgIpc) is 3.10. The Hall–Kier alpha value is -3.84. The van der Waals surface area contributed by atoms with Gasteiger partial charge in [-0.1, -0.05) is 35.9 Å². The molecule has 0 radical (unpaired) electrons. The fraction of sp³-hybridized carbons (Fsp3) is 0.192. The largest absolute Gasteiger partial charge is 0.507 e. The molecule has 0 spiro atoms. The minimum Gasteiger partial charge on any atom is -0.507 e. The highest BCUT2D eigenvalue weighted by Crippen LogP contribution is 2.43. The molecule has 4 rings (SSSR count). The number of nitrogens with zero attached hydrogens (tertiary/aromatic N) is 2. The van der Waals surface area contributed by atoms with E-state index in [1.165, 1.54) is 12.0 Å². The number of rotatable bonds is 7. The van der Waals surface area contributed by atoms with Gasteiger partial charge in [0.05, 0.1) is 30.4 Å². The van der Waals surface area contributed by atoms with Crippen molar-refractivity contribution in [2.75, 3.05) is 13.7 Å². The van der Waals surface area contributed by atoms with E-state index in [4.69, 9.17) is 21.1 Å². The first-order chi connectivity index (χ1) is 16.5. The molecular formula is C26H23ClN2O5. The first-order valence-corrected chi connectivity index (χ1v) is 11.1. The van der Waals surface area contributed by atoms with Gasteiger partial charge in [-0.25, -0.2) is 0 Å². The molecule has 1 atom stereocenters. The number of aliphatic hydroxyl groups excluding tert-OH is 1. The van der Waals surface area contributed by atoms with Crippen molar-refractivity contribution in [1.82, 2.24) is 9.88 Å². The molecule has 3 aromatic rings. The summed E-state index contributed by atoms with van der Waals surface area (Å²) in [6.45, 7) is 2.32. The van der Waals surface area contributed by atoms with Crippen LogP contribution in [0.3, 0.4) is 0 Å². The lowest BCUT2D eigenvalue weighted by Gasteiger charge is -2.26. The average molecular weight is 479 g/mol. The summed E-state index contributed by atoms with van der Waals surface area (Å²) >= 11 is 6.19. The summed E-state index contributed by atoms with van der Waals surface area (Å²) < 4.78 is 11.1. The maximum atomic E-state index is 13.3. The first-order valence-electron chi connectivity index (χ1n) is 10.7. The minimum atomic E-state index is -0.873. The summed E-state index contributed by atoms with van der Waals surface area (Å²) in [7, 11) is 1.51. The molecule has 1 amide bonds. The van der Waals surface area contributed by atoms with Gasteiger partial charge in [-0.05, 0) is 42.8 Å². The van der Waals surface area contributed by atoms with Gasteiger partial charge in [0.2, 0.25) is 0 Å². The number of halogens is 1. The molecule has 174 valence electrons. The SMILES string of the molecule is CCOc1cc(/C(O)=C2\C(=O)C(=O)N(Cc3cccnc3)C2c2ccccc2OC)ccc1Cl. The number of carbonyl (C=O) groups is 2. The number of Topliss-reactive ketones (excluding diaryl/α,β-unsaturated/α-hetero) is 1. The number of aliphatic hydroxyl groups is 1. The number of benzene rings is 2. The summed E-state index contributed by atoms with van der Waals surface area (Å²) in [6, 6.07) is 14.5. The molecular weight excluding hydrogens is 456 g/mol. The van der Waals surface area contributed by atoms with Crippen molar-refractivity contribution < 1.29 is 24.2 Å². The number of likely N-dealkylation sites (tertiary alicyclic amines) is 1. The number of ketones is 1. The lowest BCUT2D eigenvalue weighted by atomic mass is 9.94. The third-order valence-corrected chi connectivity index (χ3v) is 5.87. The van der Waals surface area contributed by atoms with Crippen LogP contribution in [-0.4, -0.2) is 40.4 Å². The molecule has 8 heteroatoms. The topological polar surface area (TPSA) is 89.0 Å². The second-order valence-electron chi connectivity index (χ2n) is 7.61. The second-order valence-corrected chi connectivity index (χ2v) is 8.02. The van der Waals surface area contributed by atoms with Crippen molar-refractivity contribution in [3.63, 3.8) is 0 Å². The first kappa shape index (κ1) is 23.3. The zero-order valence-electron chi connectivity index (χ0n) is 18.7. The van der Waals surface area contributed by atoms with Gasteiger partial charge in [0.1, 0.15) is 17.3 Å². The number of carbonyl (C=O) groups excluding carboxylic acids is 2. The van der Waals surface area contributed by atoms with Gasteiger partial charge in [-0.2, -0.15) is 0 Å². The van der Waals surface area contributed by atoms with E-state index in [-0.39, 0.29) is 17.9 Å². The molecule has 1 aliphatic heterocycles. The summed E-state index contributed by atoms with van der Waals surface area (Å²) in [6.07, 6.45) is 3.26. The zero-order chi connectivity index (χ0) is 24.2. The van der Waals surface area contributed by atoms with Crippen LogP contribution >= 0.6 is 11.6 Å². The van der Waals surface area contributed by atoms with Crippen LogP contribution in [0.15, 0.2) is 72.6 Å². The standard InChI is InChI=1S/C26H23ClN2O5/c1-3-34-21-13-17(10-11-19(21)27)24(30)22-23(18-8-4-5-9-20(18)33-2)29(26(32)25(22)31)15-16-7-6-12-28-14-16/h4-14,23,30H,3,15H2,1-2H3/b24-22+. The molecule has 0 aliphatic carbocycles. The van der Waals surface area contributed by atoms with Gasteiger partial charge in [0, 0.05) is 30.1 Å². The Kier molecular flexibility index (Phi) is 6.84. The third kappa shape index (κ3) is 4.34. The van der Waals surface area contributed by atoms with E-state index in [1.807, 2.05) is 13.0 Å². The van der Waals surface area contributed by atoms with Gasteiger partial charge < -0.3 is 19.5 Å². The maximum absolute atomic E-state index is 13.3. The lowest BCUT2D eigenvalue weighted by molar-refractivity contribution is -0.140. The van der Waals surface area contributed by atoms with Crippen molar-refractivity contribution >= 4 is 29.1 Å². The van der Waals surface area contributed by atoms with Gasteiger partial charge in [0.25, 0.3) is 11.7 Å². The number of hydrogen-bond acceptors (Lipinski definition) is 6. The molecule has 34 heavy (non-hydrogen) atoms. The number of methoxy groups -OCH3 is 1. The van der Waals surface area contributed by atoms with Crippen molar-refractivity contribution in [2.24, 2.45) is 0 Å². The smallest absolute Gasteiger partial charge is 0.295 e. The van der Waals surface area contributed by atoms with E-state index in [0.29, 0.717) is 34.3 Å².